The summed E-state index contributed by atoms with van der Waals surface area (Å²) in [5.41, 5.74) is 8.77. The number of nitrogens with one attached hydrogen (secondary N) is 2. The van der Waals surface area contributed by atoms with Gasteiger partial charge in [-0.3, -0.25) is 0 Å². The van der Waals surface area contributed by atoms with E-state index >= 15 is 0 Å². The zero-order valence-electron chi connectivity index (χ0n) is 8.88. The van der Waals surface area contributed by atoms with Gasteiger partial charge < -0.3 is 16.0 Å². The first-order valence-corrected chi connectivity index (χ1v) is 5.21. The molecule has 0 saturated heterocycles. The van der Waals surface area contributed by atoms with Crippen molar-refractivity contribution in [3.8, 4) is 0 Å². The van der Waals surface area contributed by atoms with E-state index in [2.05, 4.69) is 28.3 Å². The van der Waals surface area contributed by atoms with E-state index in [9.17, 15) is 0 Å². The van der Waals surface area contributed by atoms with Crippen molar-refractivity contribution in [1.29, 1.82) is 0 Å². The largest absolute Gasteiger partial charge is 0.341 e. The van der Waals surface area contributed by atoms with E-state index < -0.39 is 0 Å². The first kappa shape index (κ1) is 10.1. The molecule has 2 rings (SSSR count). The molecule has 0 atom stereocenters. The van der Waals surface area contributed by atoms with Gasteiger partial charge in [0, 0.05) is 6.54 Å². The van der Waals surface area contributed by atoms with Gasteiger partial charge in [-0.15, -0.1) is 0 Å². The smallest absolute Gasteiger partial charge is 0.121 e. The van der Waals surface area contributed by atoms with E-state index in [1.165, 1.54) is 0 Å². The molecule has 0 saturated carbocycles. The minimum Gasteiger partial charge on any atom is -0.341 e. The number of hydrogen-bond acceptors (Lipinski definition) is 3. The van der Waals surface area contributed by atoms with Crippen LogP contribution in [0.2, 0.25) is 0 Å². The van der Waals surface area contributed by atoms with E-state index in [0.29, 0.717) is 6.54 Å². The predicted molar refractivity (Wildman–Crippen MR) is 61.4 cm³/mol. The topological polar surface area (TPSA) is 66.7 Å². The third-order valence-electron chi connectivity index (χ3n) is 2.37. The second-order valence-corrected chi connectivity index (χ2v) is 3.52. The Bertz CT molecular complexity index is 447. The van der Waals surface area contributed by atoms with Crippen molar-refractivity contribution < 1.29 is 0 Å². The molecule has 0 aliphatic carbocycles. The van der Waals surface area contributed by atoms with Gasteiger partial charge in [-0.25, -0.2) is 4.98 Å². The van der Waals surface area contributed by atoms with E-state index in [1.807, 2.05) is 12.1 Å². The number of nitrogens with zero attached hydrogens (tertiary/aromatic N) is 1. The van der Waals surface area contributed by atoms with E-state index in [4.69, 9.17) is 5.73 Å². The van der Waals surface area contributed by atoms with Gasteiger partial charge in [-0.05, 0) is 24.2 Å². The van der Waals surface area contributed by atoms with Crippen molar-refractivity contribution >= 4 is 11.0 Å². The van der Waals surface area contributed by atoms with Gasteiger partial charge in [0.2, 0.25) is 0 Å². The molecule has 2 aromatic rings. The zero-order chi connectivity index (χ0) is 10.7. The van der Waals surface area contributed by atoms with Gasteiger partial charge in [0.25, 0.3) is 0 Å². The Labute approximate surface area is 88.9 Å². The summed E-state index contributed by atoms with van der Waals surface area (Å²) in [4.78, 5) is 7.74. The van der Waals surface area contributed by atoms with E-state index in [0.717, 1.165) is 35.5 Å². The number of benzene rings is 1. The molecule has 0 spiro atoms. The number of fused-ring (bicyclic) bond motifs is 1. The molecule has 0 unspecified atom stereocenters. The van der Waals surface area contributed by atoms with Crippen molar-refractivity contribution in [3.63, 3.8) is 0 Å². The van der Waals surface area contributed by atoms with E-state index in [1.54, 1.807) is 0 Å². The molecule has 1 aromatic heterocycles. The lowest BCUT2D eigenvalue weighted by Gasteiger charge is -1.95. The molecule has 0 fully saturated rings. The van der Waals surface area contributed by atoms with Crippen LogP contribution in [0.5, 0.6) is 0 Å². The summed E-state index contributed by atoms with van der Waals surface area (Å²) in [5.74, 6) is 0.973. The third-order valence-corrected chi connectivity index (χ3v) is 2.37. The number of H-pyrrole nitrogens is 1. The first-order chi connectivity index (χ1) is 7.33. The maximum absolute atomic E-state index is 5.58. The maximum atomic E-state index is 5.58. The molecule has 0 aliphatic heterocycles. The van der Waals surface area contributed by atoms with Gasteiger partial charge in [0.05, 0.1) is 17.6 Å². The van der Waals surface area contributed by atoms with Crippen LogP contribution in [-0.2, 0) is 13.1 Å². The summed E-state index contributed by atoms with van der Waals surface area (Å²) >= 11 is 0. The van der Waals surface area contributed by atoms with Crippen LogP contribution >= 0.6 is 0 Å². The van der Waals surface area contributed by atoms with Crippen LogP contribution < -0.4 is 11.1 Å². The SMILES string of the molecule is CCNCc1nc2ccc(CN)cc2[nH]1. The average Bonchev–Trinajstić information content (AvgIpc) is 2.67. The lowest BCUT2D eigenvalue weighted by atomic mass is 10.2. The molecule has 0 bridgehead atoms. The first-order valence-electron chi connectivity index (χ1n) is 5.21. The number of aromatic nitrogens is 2. The fourth-order valence-corrected chi connectivity index (χ4v) is 1.56. The van der Waals surface area contributed by atoms with Crippen molar-refractivity contribution in [2.75, 3.05) is 6.54 Å². The fraction of sp³-hybridized carbons (Fsp3) is 0.364. The quantitative estimate of drug-likeness (QED) is 0.699. The number of aromatic amines is 1. The molecule has 1 heterocycles. The Balaban J connectivity index is 2.29. The Kier molecular flexibility index (Phi) is 2.99. The van der Waals surface area contributed by atoms with Crippen molar-refractivity contribution in [3.05, 3.63) is 29.6 Å². The zero-order valence-corrected chi connectivity index (χ0v) is 8.88. The number of hydrogen-bond donors (Lipinski definition) is 3. The molecule has 1 aromatic carbocycles. The molecular formula is C11H16N4. The molecule has 4 N–H and O–H groups in total. The Morgan fingerprint density at radius 2 is 2.33 bits per heavy atom. The Morgan fingerprint density at radius 1 is 1.47 bits per heavy atom. The minimum atomic E-state index is 0.567. The van der Waals surface area contributed by atoms with Gasteiger partial charge >= 0.3 is 0 Å². The highest BCUT2D eigenvalue weighted by molar-refractivity contribution is 5.75. The van der Waals surface area contributed by atoms with Crippen LogP contribution in [0.15, 0.2) is 18.2 Å². The average molecular weight is 204 g/mol. The van der Waals surface area contributed by atoms with Crippen molar-refractivity contribution in [2.45, 2.75) is 20.0 Å². The molecule has 15 heavy (non-hydrogen) atoms. The maximum Gasteiger partial charge on any atom is 0.121 e. The lowest BCUT2D eigenvalue weighted by Crippen LogP contribution is -2.12. The molecule has 0 aliphatic rings. The van der Waals surface area contributed by atoms with Crippen LogP contribution in [0.3, 0.4) is 0 Å². The fourth-order valence-electron chi connectivity index (χ4n) is 1.56. The third kappa shape index (κ3) is 2.16. The highest BCUT2D eigenvalue weighted by atomic mass is 15.0. The number of nitrogens with two attached hydrogens (primary N) is 1. The molecule has 4 nitrogen and oxygen atoms in total. The lowest BCUT2D eigenvalue weighted by molar-refractivity contribution is 0.700. The summed E-state index contributed by atoms with van der Waals surface area (Å²) in [6, 6.07) is 6.07. The molecule has 4 heteroatoms. The van der Waals surface area contributed by atoms with E-state index in [-0.39, 0.29) is 0 Å². The van der Waals surface area contributed by atoms with Gasteiger partial charge in [0.15, 0.2) is 0 Å². The van der Waals surface area contributed by atoms with Gasteiger partial charge in [-0.1, -0.05) is 13.0 Å². The van der Waals surface area contributed by atoms with Crippen LogP contribution in [-0.4, -0.2) is 16.5 Å². The van der Waals surface area contributed by atoms with Crippen LogP contribution in [0.25, 0.3) is 11.0 Å². The van der Waals surface area contributed by atoms with Crippen LogP contribution in [0.4, 0.5) is 0 Å². The highest BCUT2D eigenvalue weighted by Gasteiger charge is 2.02. The number of rotatable bonds is 4. The summed E-state index contributed by atoms with van der Waals surface area (Å²) in [7, 11) is 0. The van der Waals surface area contributed by atoms with Crippen LogP contribution in [0, 0.1) is 0 Å². The molecule has 80 valence electrons. The molecular weight excluding hydrogens is 188 g/mol. The standard InChI is InChI=1S/C11H16N4/c1-2-13-7-11-14-9-4-3-8(6-12)5-10(9)15-11/h3-5,13H,2,6-7,12H2,1H3,(H,14,15). The van der Waals surface area contributed by atoms with Gasteiger partial charge in [-0.2, -0.15) is 0 Å². The monoisotopic (exact) mass is 204 g/mol. The normalized spacial score (nSPS) is 11.1. The minimum absolute atomic E-state index is 0.567. The second kappa shape index (κ2) is 4.42. The predicted octanol–water partition coefficient (Wildman–Crippen LogP) is 1.13. The summed E-state index contributed by atoms with van der Waals surface area (Å²) in [5, 5.41) is 3.24. The highest BCUT2D eigenvalue weighted by Crippen LogP contribution is 2.13. The van der Waals surface area contributed by atoms with Crippen LogP contribution in [0.1, 0.15) is 18.3 Å². The Morgan fingerprint density at radius 3 is 3.07 bits per heavy atom. The van der Waals surface area contributed by atoms with Crippen molar-refractivity contribution in [1.82, 2.24) is 15.3 Å². The molecule has 0 radical (unpaired) electrons. The second-order valence-electron chi connectivity index (χ2n) is 3.52. The summed E-state index contributed by atoms with van der Waals surface area (Å²) in [6.07, 6.45) is 0. The molecule has 0 amide bonds. The summed E-state index contributed by atoms with van der Waals surface area (Å²) < 4.78 is 0. The summed E-state index contributed by atoms with van der Waals surface area (Å²) in [6.45, 7) is 4.38. The Hall–Kier alpha value is -1.39. The number of imidazole rings is 1. The van der Waals surface area contributed by atoms with Crippen molar-refractivity contribution in [2.24, 2.45) is 5.73 Å². The van der Waals surface area contributed by atoms with Gasteiger partial charge in [0.1, 0.15) is 5.82 Å².